The lowest BCUT2D eigenvalue weighted by molar-refractivity contribution is -0.114. The number of methoxy groups -OCH3 is 1. The number of ether oxygens (including phenoxy) is 2. The first-order valence-corrected chi connectivity index (χ1v) is 8.62. The van der Waals surface area contributed by atoms with Crippen molar-refractivity contribution in [2.45, 2.75) is 19.9 Å². The second-order valence-corrected chi connectivity index (χ2v) is 5.76. The second-order valence-electron chi connectivity index (χ2n) is 5.76. The van der Waals surface area contributed by atoms with Crippen molar-refractivity contribution in [2.75, 3.05) is 19.0 Å². The molecule has 1 unspecified atom stereocenters. The third kappa shape index (κ3) is 5.46. The third-order valence-corrected chi connectivity index (χ3v) is 3.75. The van der Waals surface area contributed by atoms with E-state index in [-0.39, 0.29) is 11.5 Å². The van der Waals surface area contributed by atoms with Crippen molar-refractivity contribution in [3.05, 3.63) is 53.6 Å². The predicted molar refractivity (Wildman–Crippen MR) is 104 cm³/mol. The van der Waals surface area contributed by atoms with E-state index in [1.165, 1.54) is 6.92 Å². The van der Waals surface area contributed by atoms with Crippen molar-refractivity contribution < 1.29 is 19.1 Å². The van der Waals surface area contributed by atoms with Crippen LogP contribution in [0.25, 0.3) is 0 Å². The van der Waals surface area contributed by atoms with Gasteiger partial charge in [-0.15, -0.1) is 0 Å². The summed E-state index contributed by atoms with van der Waals surface area (Å²) in [7, 11) is 1.56. The lowest BCUT2D eigenvalue weighted by atomic mass is 10.1. The number of nitriles is 1. The summed E-state index contributed by atoms with van der Waals surface area (Å²) in [5, 5.41) is 12.0. The molecule has 2 aromatic carbocycles. The lowest BCUT2D eigenvalue weighted by Gasteiger charge is -2.16. The molecule has 0 saturated heterocycles. The highest BCUT2D eigenvalue weighted by Gasteiger charge is 2.16. The van der Waals surface area contributed by atoms with Crippen LogP contribution in [0, 0.1) is 11.3 Å². The number of amides is 2. The molecule has 0 spiro atoms. The van der Waals surface area contributed by atoms with Gasteiger partial charge in [-0.2, -0.15) is 5.26 Å². The highest BCUT2D eigenvalue weighted by Crippen LogP contribution is 2.24. The summed E-state index contributed by atoms with van der Waals surface area (Å²) in [6.07, 6.45) is 0. The molecule has 0 radical (unpaired) electrons. The molecule has 3 N–H and O–H groups in total. The fourth-order valence-corrected chi connectivity index (χ4v) is 2.46. The van der Waals surface area contributed by atoms with Gasteiger partial charge in [0.1, 0.15) is 17.5 Å². The van der Waals surface area contributed by atoms with Crippen molar-refractivity contribution in [2.24, 2.45) is 0 Å². The van der Waals surface area contributed by atoms with Crippen molar-refractivity contribution in [1.82, 2.24) is 10.9 Å². The molecule has 146 valence electrons. The summed E-state index contributed by atoms with van der Waals surface area (Å²) < 4.78 is 10.6. The molecule has 8 nitrogen and oxygen atoms in total. The molecule has 28 heavy (non-hydrogen) atoms. The number of carbonyl (C=O) groups excluding carboxylic acids is 2. The Bertz CT molecular complexity index is 875. The summed E-state index contributed by atoms with van der Waals surface area (Å²) in [4.78, 5) is 23.8. The van der Waals surface area contributed by atoms with Crippen molar-refractivity contribution in [3.8, 4) is 17.6 Å². The van der Waals surface area contributed by atoms with E-state index in [9.17, 15) is 14.9 Å². The van der Waals surface area contributed by atoms with Crippen LogP contribution < -0.4 is 25.6 Å². The number of hydrogen-bond donors (Lipinski definition) is 3. The van der Waals surface area contributed by atoms with Gasteiger partial charge in [0.15, 0.2) is 0 Å². The first kappa shape index (κ1) is 20.7. The van der Waals surface area contributed by atoms with Gasteiger partial charge in [-0.25, -0.2) is 5.43 Å². The zero-order chi connectivity index (χ0) is 20.5. The Morgan fingerprint density at radius 3 is 2.46 bits per heavy atom. The molecule has 0 aliphatic heterocycles. The maximum absolute atomic E-state index is 12.6. The van der Waals surface area contributed by atoms with Gasteiger partial charge in [-0.1, -0.05) is 12.1 Å². The van der Waals surface area contributed by atoms with Gasteiger partial charge in [-0.05, 0) is 36.8 Å². The van der Waals surface area contributed by atoms with E-state index >= 15 is 0 Å². The van der Waals surface area contributed by atoms with Crippen molar-refractivity contribution in [3.63, 3.8) is 0 Å². The molecule has 0 bridgehead atoms. The van der Waals surface area contributed by atoms with Crippen LogP contribution in [0.1, 0.15) is 35.8 Å². The number of nitrogens with zero attached hydrogens (tertiary/aromatic N) is 1. The van der Waals surface area contributed by atoms with Gasteiger partial charge >= 0.3 is 0 Å². The molecule has 0 fully saturated rings. The largest absolute Gasteiger partial charge is 0.497 e. The normalized spacial score (nSPS) is 11.1. The van der Waals surface area contributed by atoms with Gasteiger partial charge in [0.2, 0.25) is 5.91 Å². The minimum absolute atomic E-state index is 0.224. The third-order valence-electron chi connectivity index (χ3n) is 3.75. The number of rotatable bonds is 8. The first-order valence-electron chi connectivity index (χ1n) is 8.62. The van der Waals surface area contributed by atoms with E-state index < -0.39 is 11.9 Å². The molecular formula is C20H22N4O4. The van der Waals surface area contributed by atoms with E-state index in [0.29, 0.717) is 29.4 Å². The predicted octanol–water partition coefficient (Wildman–Crippen LogP) is 2.55. The Kier molecular flexibility index (Phi) is 7.37. The number of carbonyl (C=O) groups is 2. The fourth-order valence-electron chi connectivity index (χ4n) is 2.46. The number of hydrogen-bond acceptors (Lipinski definition) is 6. The maximum Gasteiger partial charge on any atom is 0.269 e. The van der Waals surface area contributed by atoms with Gasteiger partial charge in [-0.3, -0.25) is 15.0 Å². The Morgan fingerprint density at radius 1 is 1.18 bits per heavy atom. The summed E-state index contributed by atoms with van der Waals surface area (Å²) in [6, 6.07) is 13.0. The zero-order valence-electron chi connectivity index (χ0n) is 15.9. The molecule has 2 rings (SSSR count). The first-order chi connectivity index (χ1) is 13.5. The van der Waals surface area contributed by atoms with E-state index in [1.807, 2.05) is 0 Å². The van der Waals surface area contributed by atoms with Crippen LogP contribution in [0.3, 0.4) is 0 Å². The van der Waals surface area contributed by atoms with Crippen LogP contribution in [0.2, 0.25) is 0 Å². The van der Waals surface area contributed by atoms with E-state index in [2.05, 4.69) is 22.2 Å². The molecule has 2 aromatic rings. The Morgan fingerprint density at radius 2 is 1.89 bits per heavy atom. The number of nitrogens with one attached hydrogen (secondary N) is 3. The van der Waals surface area contributed by atoms with Gasteiger partial charge in [0.05, 0.1) is 25.3 Å². The number of hydrazine groups is 1. The summed E-state index contributed by atoms with van der Waals surface area (Å²) >= 11 is 0. The topological polar surface area (TPSA) is 112 Å². The van der Waals surface area contributed by atoms with E-state index in [4.69, 9.17) is 9.47 Å². The van der Waals surface area contributed by atoms with Gasteiger partial charge in [0, 0.05) is 18.7 Å². The smallest absolute Gasteiger partial charge is 0.269 e. The minimum Gasteiger partial charge on any atom is -0.497 e. The molecule has 8 heteroatoms. The highest BCUT2D eigenvalue weighted by molar-refractivity contribution is 5.98. The van der Waals surface area contributed by atoms with Crippen molar-refractivity contribution in [1.29, 1.82) is 5.26 Å². The summed E-state index contributed by atoms with van der Waals surface area (Å²) in [6.45, 7) is 3.54. The number of benzene rings is 2. The zero-order valence-corrected chi connectivity index (χ0v) is 15.9. The standard InChI is InChI=1S/C20H22N4O4/c1-4-28-19-11-15(22-13(2)25)7-10-17(19)20(26)24-23-18(12-21)14-5-8-16(27-3)9-6-14/h5-11,18,23H,4H2,1-3H3,(H,22,25)(H,24,26). The molecule has 0 saturated carbocycles. The summed E-state index contributed by atoms with van der Waals surface area (Å²) in [5.74, 6) is 0.306. The molecule has 0 aliphatic carbocycles. The maximum atomic E-state index is 12.6. The summed E-state index contributed by atoms with van der Waals surface area (Å²) in [5.41, 5.74) is 6.71. The molecular weight excluding hydrogens is 360 g/mol. The monoisotopic (exact) mass is 382 g/mol. The molecule has 1 atom stereocenters. The quantitative estimate of drug-likeness (QED) is 0.605. The van der Waals surface area contributed by atoms with Crippen LogP contribution >= 0.6 is 0 Å². The van der Waals surface area contributed by atoms with Gasteiger partial charge in [0.25, 0.3) is 5.91 Å². The van der Waals surface area contributed by atoms with Crippen LogP contribution in [-0.4, -0.2) is 25.5 Å². The second kappa shape index (κ2) is 9.94. The Labute approximate surface area is 163 Å². The Hall–Kier alpha value is -3.57. The highest BCUT2D eigenvalue weighted by atomic mass is 16.5. The molecule has 2 amide bonds. The van der Waals surface area contributed by atoms with Gasteiger partial charge < -0.3 is 14.8 Å². The SMILES string of the molecule is CCOc1cc(NC(C)=O)ccc1C(=O)NNC(C#N)c1ccc(OC)cc1. The van der Waals surface area contributed by atoms with Crippen molar-refractivity contribution >= 4 is 17.5 Å². The van der Waals surface area contributed by atoms with Crippen LogP contribution in [0.15, 0.2) is 42.5 Å². The van der Waals surface area contributed by atoms with Crippen LogP contribution in [-0.2, 0) is 4.79 Å². The molecule has 0 aromatic heterocycles. The molecule has 0 aliphatic rings. The van der Waals surface area contributed by atoms with Crippen LogP contribution in [0.5, 0.6) is 11.5 Å². The average molecular weight is 382 g/mol. The van der Waals surface area contributed by atoms with E-state index in [0.717, 1.165) is 0 Å². The number of anilines is 1. The van der Waals surface area contributed by atoms with E-state index in [1.54, 1.807) is 56.5 Å². The molecule has 0 heterocycles. The average Bonchev–Trinajstić information content (AvgIpc) is 2.68. The van der Waals surface area contributed by atoms with Crippen LogP contribution in [0.4, 0.5) is 5.69 Å². The Balaban J connectivity index is 2.12. The minimum atomic E-state index is -0.746. The fraction of sp³-hybridized carbons (Fsp3) is 0.250. The lowest BCUT2D eigenvalue weighted by Crippen LogP contribution is -2.39.